The zero-order valence-corrected chi connectivity index (χ0v) is 11.3. The molecule has 0 bridgehead atoms. The van der Waals surface area contributed by atoms with Crippen LogP contribution in [-0.4, -0.2) is 19.6 Å². The molecule has 1 aromatic rings. The molecule has 0 amide bonds. The number of hydrogen-bond acceptors (Lipinski definition) is 4. The number of ether oxygens (including phenoxy) is 1. The van der Waals surface area contributed by atoms with Crippen LogP contribution in [-0.2, 0) is 16.1 Å². The van der Waals surface area contributed by atoms with Crippen LogP contribution in [0.5, 0.6) is 0 Å². The maximum absolute atomic E-state index is 11.3. The first-order chi connectivity index (χ1) is 9.21. The fraction of sp³-hybridized carbons (Fsp3) is 0.333. The van der Waals surface area contributed by atoms with E-state index in [2.05, 4.69) is 16.1 Å². The molecule has 0 unspecified atom stereocenters. The van der Waals surface area contributed by atoms with Gasteiger partial charge in [0.1, 0.15) is 0 Å². The van der Waals surface area contributed by atoms with E-state index in [9.17, 15) is 4.79 Å². The predicted octanol–water partition coefficient (Wildman–Crippen LogP) is 2.16. The summed E-state index contributed by atoms with van der Waals surface area (Å²) in [7, 11) is 1.38. The minimum Gasteiger partial charge on any atom is -0.466 e. The van der Waals surface area contributed by atoms with Gasteiger partial charge >= 0.3 is 5.97 Å². The van der Waals surface area contributed by atoms with Crippen LogP contribution in [0.25, 0.3) is 0 Å². The van der Waals surface area contributed by atoms with Crippen molar-refractivity contribution in [3.8, 4) is 6.07 Å². The summed E-state index contributed by atoms with van der Waals surface area (Å²) in [6.45, 7) is 3.22. The molecule has 0 aromatic heterocycles. The second kappa shape index (κ2) is 8.06. The van der Waals surface area contributed by atoms with Gasteiger partial charge in [0.25, 0.3) is 0 Å². The maximum atomic E-state index is 11.3. The number of carbonyl (C=O) groups excluding carboxylic acids is 1. The number of esters is 1. The first kappa shape index (κ1) is 14.9. The van der Waals surface area contributed by atoms with E-state index in [-0.39, 0.29) is 5.97 Å². The lowest BCUT2D eigenvalue weighted by Gasteiger charge is -2.04. The minimum absolute atomic E-state index is 0.275. The largest absolute Gasteiger partial charge is 0.466 e. The lowest BCUT2D eigenvalue weighted by atomic mass is 10.1. The van der Waals surface area contributed by atoms with E-state index >= 15 is 0 Å². The molecule has 0 saturated carbocycles. The second-order valence-electron chi connectivity index (χ2n) is 4.01. The van der Waals surface area contributed by atoms with Gasteiger partial charge in [-0.25, -0.2) is 4.79 Å². The molecule has 0 fully saturated rings. The summed E-state index contributed by atoms with van der Waals surface area (Å²) in [6, 6.07) is 9.49. The lowest BCUT2D eigenvalue weighted by molar-refractivity contribution is -0.136. The normalized spacial score (nSPS) is 10.9. The Morgan fingerprint density at radius 3 is 2.63 bits per heavy atom. The van der Waals surface area contributed by atoms with Crippen molar-refractivity contribution in [2.75, 3.05) is 13.7 Å². The number of carbonyl (C=O) groups is 1. The summed E-state index contributed by atoms with van der Waals surface area (Å²) in [4.78, 5) is 11.3. The first-order valence-electron chi connectivity index (χ1n) is 6.18. The average molecular weight is 258 g/mol. The highest BCUT2D eigenvalue weighted by Crippen LogP contribution is 2.04. The maximum Gasteiger partial charge on any atom is 0.333 e. The van der Waals surface area contributed by atoms with Gasteiger partial charge in [0.05, 0.1) is 18.7 Å². The van der Waals surface area contributed by atoms with Crippen molar-refractivity contribution in [3.05, 3.63) is 47.0 Å². The van der Waals surface area contributed by atoms with E-state index in [1.54, 1.807) is 12.1 Å². The van der Waals surface area contributed by atoms with Crippen LogP contribution in [0.1, 0.15) is 24.5 Å². The van der Waals surface area contributed by atoms with Crippen LogP contribution in [0, 0.1) is 11.3 Å². The van der Waals surface area contributed by atoms with Gasteiger partial charge < -0.3 is 10.1 Å². The van der Waals surface area contributed by atoms with Crippen LogP contribution in [0.3, 0.4) is 0 Å². The third kappa shape index (κ3) is 4.94. The Morgan fingerprint density at radius 2 is 2.11 bits per heavy atom. The van der Waals surface area contributed by atoms with Gasteiger partial charge in [-0.15, -0.1) is 0 Å². The topological polar surface area (TPSA) is 62.1 Å². The molecule has 1 rings (SSSR count). The SMILES string of the molecule is CC/C(=C/CNCc1ccc(C#N)cc1)C(=O)OC. The summed E-state index contributed by atoms with van der Waals surface area (Å²) < 4.78 is 4.68. The molecule has 0 atom stereocenters. The van der Waals surface area contributed by atoms with E-state index in [0.29, 0.717) is 30.6 Å². The molecular formula is C15H18N2O2. The van der Waals surface area contributed by atoms with Crippen molar-refractivity contribution in [2.24, 2.45) is 0 Å². The smallest absolute Gasteiger partial charge is 0.333 e. The zero-order valence-electron chi connectivity index (χ0n) is 11.3. The molecule has 4 nitrogen and oxygen atoms in total. The van der Waals surface area contributed by atoms with Crippen molar-refractivity contribution < 1.29 is 9.53 Å². The van der Waals surface area contributed by atoms with Crippen LogP contribution >= 0.6 is 0 Å². The fourth-order valence-electron chi connectivity index (χ4n) is 1.61. The van der Waals surface area contributed by atoms with Crippen molar-refractivity contribution >= 4 is 5.97 Å². The van der Waals surface area contributed by atoms with E-state index in [1.165, 1.54) is 7.11 Å². The second-order valence-corrected chi connectivity index (χ2v) is 4.01. The van der Waals surface area contributed by atoms with Crippen LogP contribution in [0.15, 0.2) is 35.9 Å². The summed E-state index contributed by atoms with van der Waals surface area (Å²) in [6.07, 6.45) is 2.50. The van der Waals surface area contributed by atoms with Gasteiger partial charge in [-0.3, -0.25) is 0 Å². The molecule has 0 spiro atoms. The Hall–Kier alpha value is -2.12. The van der Waals surface area contributed by atoms with Crippen molar-refractivity contribution in [1.29, 1.82) is 5.26 Å². The van der Waals surface area contributed by atoms with Crippen molar-refractivity contribution in [1.82, 2.24) is 5.32 Å². The van der Waals surface area contributed by atoms with Crippen molar-refractivity contribution in [2.45, 2.75) is 19.9 Å². The highest BCUT2D eigenvalue weighted by atomic mass is 16.5. The van der Waals surface area contributed by atoms with E-state index in [4.69, 9.17) is 5.26 Å². The lowest BCUT2D eigenvalue weighted by Crippen LogP contribution is -2.15. The number of hydrogen-bond donors (Lipinski definition) is 1. The summed E-state index contributed by atoms with van der Waals surface area (Å²) >= 11 is 0. The molecule has 0 heterocycles. The predicted molar refractivity (Wildman–Crippen MR) is 73.3 cm³/mol. The van der Waals surface area contributed by atoms with Gasteiger partial charge in [0.15, 0.2) is 0 Å². The molecule has 0 aliphatic carbocycles. The number of methoxy groups -OCH3 is 1. The molecule has 1 aromatic carbocycles. The Bertz CT molecular complexity index is 484. The highest BCUT2D eigenvalue weighted by Gasteiger charge is 2.05. The van der Waals surface area contributed by atoms with Gasteiger partial charge in [-0.1, -0.05) is 25.1 Å². The monoisotopic (exact) mass is 258 g/mol. The Kier molecular flexibility index (Phi) is 6.34. The van der Waals surface area contributed by atoms with E-state index in [0.717, 1.165) is 5.56 Å². The number of benzene rings is 1. The number of nitrogens with zero attached hydrogens (tertiary/aromatic N) is 1. The van der Waals surface area contributed by atoms with Gasteiger partial charge in [-0.05, 0) is 24.1 Å². The third-order valence-electron chi connectivity index (χ3n) is 2.73. The van der Waals surface area contributed by atoms with Gasteiger partial charge in [-0.2, -0.15) is 5.26 Å². The van der Waals surface area contributed by atoms with Crippen LogP contribution < -0.4 is 5.32 Å². The molecule has 0 aliphatic heterocycles. The van der Waals surface area contributed by atoms with Crippen molar-refractivity contribution in [3.63, 3.8) is 0 Å². The molecule has 0 saturated heterocycles. The number of nitriles is 1. The summed E-state index contributed by atoms with van der Waals surface area (Å²) in [5.41, 5.74) is 2.43. The Morgan fingerprint density at radius 1 is 1.42 bits per heavy atom. The standard InChI is InChI=1S/C15H18N2O2/c1-3-14(15(18)19-2)8-9-17-11-13-6-4-12(10-16)5-7-13/h4-8,17H,3,9,11H2,1-2H3/b14-8-. The van der Waals surface area contributed by atoms with E-state index < -0.39 is 0 Å². The zero-order chi connectivity index (χ0) is 14.1. The molecular weight excluding hydrogens is 240 g/mol. The Labute approximate surface area is 113 Å². The summed E-state index contributed by atoms with van der Waals surface area (Å²) in [5, 5.41) is 11.9. The third-order valence-corrected chi connectivity index (χ3v) is 2.73. The summed E-state index contributed by atoms with van der Waals surface area (Å²) in [5.74, 6) is -0.275. The number of nitrogens with one attached hydrogen (secondary N) is 1. The number of rotatable bonds is 6. The van der Waals surface area contributed by atoms with Crippen LogP contribution in [0.2, 0.25) is 0 Å². The molecule has 1 N–H and O–H groups in total. The average Bonchev–Trinajstić information content (AvgIpc) is 2.47. The quantitative estimate of drug-likeness (QED) is 0.482. The molecule has 0 aliphatic rings. The first-order valence-corrected chi connectivity index (χ1v) is 6.18. The Balaban J connectivity index is 2.43. The molecule has 4 heteroatoms. The van der Waals surface area contributed by atoms with Gasteiger partial charge in [0.2, 0.25) is 0 Å². The van der Waals surface area contributed by atoms with E-state index in [1.807, 2.05) is 25.1 Å². The molecule has 0 radical (unpaired) electrons. The van der Waals surface area contributed by atoms with Gasteiger partial charge in [0, 0.05) is 18.7 Å². The molecule has 19 heavy (non-hydrogen) atoms. The van der Waals surface area contributed by atoms with Crippen LogP contribution in [0.4, 0.5) is 0 Å². The molecule has 100 valence electrons. The fourth-order valence-corrected chi connectivity index (χ4v) is 1.61. The minimum atomic E-state index is -0.275. The highest BCUT2D eigenvalue weighted by molar-refractivity contribution is 5.88.